The Kier molecular flexibility index (Phi) is 8.32. The van der Waals surface area contributed by atoms with Crippen molar-refractivity contribution >= 4 is 72.2 Å². The molecule has 1 aromatic heterocycles. The lowest BCUT2D eigenvalue weighted by Crippen LogP contribution is -2.23. The average molecular weight is 638 g/mol. The molecule has 3 aromatic carbocycles. The number of nitrogens with zero attached hydrogens (tertiary/aromatic N) is 3. The molecule has 4 aromatic rings. The van der Waals surface area contributed by atoms with Gasteiger partial charge in [-0.05, 0) is 60.5 Å². The first kappa shape index (κ1) is 25.9. The number of aromatic nitrogens is 2. The molecule has 9 heteroatoms. The molecule has 0 aliphatic rings. The Morgan fingerprint density at radius 2 is 1.80 bits per heavy atom. The predicted molar refractivity (Wildman–Crippen MR) is 150 cm³/mol. The fourth-order valence-electron chi connectivity index (χ4n) is 3.44. The van der Waals surface area contributed by atoms with Crippen LogP contribution in [0.15, 0.2) is 73.4 Å². The third-order valence-corrected chi connectivity index (χ3v) is 7.27. The highest BCUT2D eigenvalue weighted by Gasteiger charge is 2.16. The highest BCUT2D eigenvalue weighted by atomic mass is 79.9. The van der Waals surface area contributed by atoms with Gasteiger partial charge in [0, 0.05) is 20.4 Å². The fraction of sp³-hybridized carbons (Fsp3) is 0.192. The van der Waals surface area contributed by atoms with E-state index in [4.69, 9.17) is 32.9 Å². The summed E-state index contributed by atoms with van der Waals surface area (Å²) in [4.78, 5) is 18.1. The zero-order valence-electron chi connectivity index (χ0n) is 18.9. The van der Waals surface area contributed by atoms with Crippen LogP contribution in [0.5, 0.6) is 5.75 Å². The second-order valence-corrected chi connectivity index (χ2v) is 10.7. The average Bonchev–Trinajstić information content (AvgIpc) is 2.84. The van der Waals surface area contributed by atoms with Gasteiger partial charge >= 0.3 is 0 Å². The van der Waals surface area contributed by atoms with E-state index in [2.05, 4.69) is 43.9 Å². The molecule has 0 spiro atoms. The van der Waals surface area contributed by atoms with Crippen LogP contribution in [-0.2, 0) is 6.61 Å². The van der Waals surface area contributed by atoms with Gasteiger partial charge in [-0.1, -0.05) is 75.0 Å². The van der Waals surface area contributed by atoms with Gasteiger partial charge in [0.05, 0.1) is 27.2 Å². The molecule has 0 bridgehead atoms. The van der Waals surface area contributed by atoms with E-state index in [0.717, 1.165) is 20.9 Å². The molecule has 0 saturated heterocycles. The number of hydrogen-bond donors (Lipinski definition) is 0. The SMILES string of the molecule is CC[C@H](C)c1nc2ccc(Br)cc2c(=O)n1N=Cc1cc(Br)ccc1OCc1ccc(Cl)c(Cl)c1. The first-order chi connectivity index (χ1) is 16.8. The maximum absolute atomic E-state index is 13.4. The Hall–Kier alpha value is -2.19. The van der Waals surface area contributed by atoms with Crippen LogP contribution in [0, 0.1) is 0 Å². The molecule has 0 radical (unpaired) electrons. The van der Waals surface area contributed by atoms with Crippen LogP contribution in [0.4, 0.5) is 0 Å². The van der Waals surface area contributed by atoms with Crippen molar-refractivity contribution in [3.8, 4) is 5.75 Å². The van der Waals surface area contributed by atoms with Gasteiger partial charge in [0.15, 0.2) is 0 Å². The normalized spacial score (nSPS) is 12.4. The molecule has 0 aliphatic heterocycles. The van der Waals surface area contributed by atoms with E-state index in [9.17, 15) is 4.79 Å². The van der Waals surface area contributed by atoms with Gasteiger partial charge in [-0.3, -0.25) is 4.79 Å². The van der Waals surface area contributed by atoms with E-state index in [1.807, 2.05) is 43.3 Å². The Labute approximate surface area is 230 Å². The molecule has 1 heterocycles. The summed E-state index contributed by atoms with van der Waals surface area (Å²) >= 11 is 19.1. The quantitative estimate of drug-likeness (QED) is 0.192. The van der Waals surface area contributed by atoms with Crippen LogP contribution in [0.2, 0.25) is 10.0 Å². The van der Waals surface area contributed by atoms with Crippen LogP contribution in [0.25, 0.3) is 10.9 Å². The molecule has 4 rings (SSSR count). The van der Waals surface area contributed by atoms with E-state index < -0.39 is 0 Å². The minimum absolute atomic E-state index is 0.0424. The van der Waals surface area contributed by atoms with Crippen molar-refractivity contribution in [2.45, 2.75) is 32.8 Å². The highest BCUT2D eigenvalue weighted by Crippen LogP contribution is 2.26. The van der Waals surface area contributed by atoms with E-state index in [1.54, 1.807) is 24.4 Å². The van der Waals surface area contributed by atoms with E-state index in [0.29, 0.717) is 44.7 Å². The maximum atomic E-state index is 13.4. The summed E-state index contributed by atoms with van der Waals surface area (Å²) in [6.07, 6.45) is 2.44. The lowest BCUT2D eigenvalue weighted by atomic mass is 10.1. The topological polar surface area (TPSA) is 56.5 Å². The van der Waals surface area contributed by atoms with Gasteiger partial charge in [0.2, 0.25) is 0 Å². The fourth-order valence-corrected chi connectivity index (χ4v) is 4.50. The zero-order chi connectivity index (χ0) is 25.1. The Bertz CT molecular complexity index is 1490. The van der Waals surface area contributed by atoms with Crippen molar-refractivity contribution in [3.63, 3.8) is 0 Å². The molecule has 0 fully saturated rings. The van der Waals surface area contributed by atoms with Crippen molar-refractivity contribution in [1.29, 1.82) is 0 Å². The molecule has 0 N–H and O–H groups in total. The summed E-state index contributed by atoms with van der Waals surface area (Å²) in [5.74, 6) is 1.26. The zero-order valence-corrected chi connectivity index (χ0v) is 23.6. The van der Waals surface area contributed by atoms with Crippen LogP contribution < -0.4 is 10.3 Å². The van der Waals surface area contributed by atoms with Crippen molar-refractivity contribution in [2.24, 2.45) is 5.10 Å². The Balaban J connectivity index is 1.73. The number of fused-ring (bicyclic) bond motifs is 1. The predicted octanol–water partition coefficient (Wildman–Crippen LogP) is 8.20. The van der Waals surface area contributed by atoms with Crippen molar-refractivity contribution in [1.82, 2.24) is 9.66 Å². The first-order valence-corrected chi connectivity index (χ1v) is 13.2. The minimum Gasteiger partial charge on any atom is -0.488 e. The monoisotopic (exact) mass is 635 g/mol. The molecule has 0 aliphatic carbocycles. The lowest BCUT2D eigenvalue weighted by molar-refractivity contribution is 0.305. The van der Waals surface area contributed by atoms with Gasteiger partial charge in [-0.15, -0.1) is 0 Å². The maximum Gasteiger partial charge on any atom is 0.282 e. The number of rotatable bonds is 7. The van der Waals surface area contributed by atoms with Crippen LogP contribution >= 0.6 is 55.1 Å². The van der Waals surface area contributed by atoms with Crippen LogP contribution in [-0.4, -0.2) is 15.9 Å². The Morgan fingerprint density at radius 1 is 1.06 bits per heavy atom. The summed E-state index contributed by atoms with van der Waals surface area (Å²) in [5.41, 5.74) is 2.00. The summed E-state index contributed by atoms with van der Waals surface area (Å²) < 4.78 is 9.10. The summed E-state index contributed by atoms with van der Waals surface area (Å²) in [5, 5.41) is 6.02. The van der Waals surface area contributed by atoms with Crippen molar-refractivity contribution in [2.75, 3.05) is 0 Å². The summed E-state index contributed by atoms with van der Waals surface area (Å²) in [7, 11) is 0. The van der Waals surface area contributed by atoms with Crippen molar-refractivity contribution in [3.05, 3.63) is 101 Å². The molecular weight excluding hydrogens is 617 g/mol. The number of hydrogen-bond acceptors (Lipinski definition) is 4. The largest absolute Gasteiger partial charge is 0.488 e. The number of ether oxygens (including phenoxy) is 1. The third kappa shape index (κ3) is 5.97. The number of halogens is 4. The van der Waals surface area contributed by atoms with E-state index >= 15 is 0 Å². The Morgan fingerprint density at radius 3 is 2.54 bits per heavy atom. The van der Waals surface area contributed by atoms with Gasteiger partial charge in [-0.25, -0.2) is 4.98 Å². The van der Waals surface area contributed by atoms with Gasteiger partial charge in [0.25, 0.3) is 5.56 Å². The second-order valence-electron chi connectivity index (χ2n) is 8.02. The molecule has 1 atom stereocenters. The second kappa shape index (κ2) is 11.2. The third-order valence-electron chi connectivity index (χ3n) is 5.55. The molecular formula is C26H21Br2Cl2N3O2. The van der Waals surface area contributed by atoms with Crippen LogP contribution in [0.3, 0.4) is 0 Å². The molecule has 180 valence electrons. The molecule has 0 unspecified atom stereocenters. The minimum atomic E-state index is -0.226. The highest BCUT2D eigenvalue weighted by molar-refractivity contribution is 9.10. The molecule has 5 nitrogen and oxygen atoms in total. The summed E-state index contributed by atoms with van der Waals surface area (Å²) in [6, 6.07) is 16.5. The molecule has 35 heavy (non-hydrogen) atoms. The van der Waals surface area contributed by atoms with E-state index in [-0.39, 0.29) is 11.5 Å². The van der Waals surface area contributed by atoms with Crippen molar-refractivity contribution < 1.29 is 4.74 Å². The smallest absolute Gasteiger partial charge is 0.282 e. The number of benzene rings is 3. The van der Waals surface area contributed by atoms with Gasteiger partial charge < -0.3 is 4.74 Å². The standard InChI is InChI=1S/C26H21Br2Cl2N3O2/c1-3-15(2)25-32-23-8-5-19(28)12-20(23)26(34)33(25)31-13-17-11-18(27)6-9-24(17)35-14-16-4-7-21(29)22(30)10-16/h4-13,15H,3,14H2,1-2H3/t15-/m0/s1. The van der Waals surface area contributed by atoms with Gasteiger partial charge in [-0.2, -0.15) is 9.78 Å². The summed E-state index contributed by atoms with van der Waals surface area (Å²) in [6.45, 7) is 4.38. The first-order valence-electron chi connectivity index (χ1n) is 10.9. The van der Waals surface area contributed by atoms with Gasteiger partial charge in [0.1, 0.15) is 18.2 Å². The lowest BCUT2D eigenvalue weighted by Gasteiger charge is -2.14. The van der Waals surface area contributed by atoms with Crippen LogP contribution in [0.1, 0.15) is 43.1 Å². The molecule has 0 amide bonds. The molecule has 0 saturated carbocycles. The van der Waals surface area contributed by atoms with E-state index in [1.165, 1.54) is 4.68 Å².